The number of aromatic amines is 1. The van der Waals surface area contributed by atoms with Gasteiger partial charge in [0.15, 0.2) is 0 Å². The van der Waals surface area contributed by atoms with Gasteiger partial charge in [-0.15, -0.1) is 0 Å². The first kappa shape index (κ1) is 15.3. The maximum Gasteiger partial charge on any atom is 0.123 e. The number of rotatable bonds is 4. The highest BCUT2D eigenvalue weighted by atomic mass is 19.1. The molecule has 1 heterocycles. The summed E-state index contributed by atoms with van der Waals surface area (Å²) in [5.74, 6) is -0.237. The van der Waals surface area contributed by atoms with E-state index in [0.717, 1.165) is 22.5 Å². The lowest BCUT2D eigenvalue weighted by atomic mass is 9.78. The molecule has 0 saturated heterocycles. The second-order valence-corrected chi connectivity index (χ2v) is 6.09. The summed E-state index contributed by atoms with van der Waals surface area (Å²) in [6.45, 7) is 4.31. The maximum atomic E-state index is 13.2. The summed E-state index contributed by atoms with van der Waals surface area (Å²) in [5.41, 5.74) is 4.92. The fourth-order valence-electron chi connectivity index (χ4n) is 2.99. The standard InChI is InChI=1S/C19H20FN3/c1-19(2,16-6-4-5-7-17(16)21-3)18-15(12-22-23-18)13-8-10-14(20)11-9-13/h4-12,21H,1-3H3,(H,22,23). The second kappa shape index (κ2) is 5.88. The number of para-hydroxylation sites is 1. The Hall–Kier alpha value is -2.62. The number of H-pyrrole nitrogens is 1. The Balaban J connectivity index is 2.11. The average molecular weight is 309 g/mol. The van der Waals surface area contributed by atoms with Crippen molar-refractivity contribution in [3.63, 3.8) is 0 Å². The summed E-state index contributed by atoms with van der Waals surface area (Å²) in [4.78, 5) is 0. The first-order valence-electron chi connectivity index (χ1n) is 7.61. The van der Waals surface area contributed by atoms with Crippen LogP contribution in [-0.4, -0.2) is 17.2 Å². The lowest BCUT2D eigenvalue weighted by Crippen LogP contribution is -2.22. The molecule has 0 unspecified atom stereocenters. The lowest BCUT2D eigenvalue weighted by molar-refractivity contribution is 0.617. The van der Waals surface area contributed by atoms with Crippen molar-refractivity contribution in [3.8, 4) is 11.1 Å². The predicted molar refractivity (Wildman–Crippen MR) is 92.1 cm³/mol. The van der Waals surface area contributed by atoms with Gasteiger partial charge in [-0.25, -0.2) is 4.39 Å². The number of nitrogens with one attached hydrogen (secondary N) is 2. The number of nitrogens with zero attached hydrogens (tertiary/aromatic N) is 1. The number of benzene rings is 2. The van der Waals surface area contributed by atoms with E-state index in [9.17, 15) is 4.39 Å². The van der Waals surface area contributed by atoms with Gasteiger partial charge in [0.2, 0.25) is 0 Å². The normalized spacial score (nSPS) is 11.5. The van der Waals surface area contributed by atoms with Crippen LogP contribution in [0.25, 0.3) is 11.1 Å². The van der Waals surface area contributed by atoms with E-state index in [1.54, 1.807) is 18.3 Å². The quantitative estimate of drug-likeness (QED) is 0.740. The largest absolute Gasteiger partial charge is 0.388 e. The van der Waals surface area contributed by atoms with Gasteiger partial charge < -0.3 is 5.32 Å². The maximum absolute atomic E-state index is 13.2. The third-order valence-corrected chi connectivity index (χ3v) is 4.29. The minimum absolute atomic E-state index is 0.237. The smallest absolute Gasteiger partial charge is 0.123 e. The van der Waals surface area contributed by atoms with Crippen molar-refractivity contribution in [2.45, 2.75) is 19.3 Å². The Labute approximate surface area is 135 Å². The number of halogens is 1. The number of anilines is 1. The Kier molecular flexibility index (Phi) is 3.90. The SMILES string of the molecule is CNc1ccccc1C(C)(C)c1[nH]ncc1-c1ccc(F)cc1. The van der Waals surface area contributed by atoms with E-state index < -0.39 is 0 Å². The minimum atomic E-state index is -0.278. The summed E-state index contributed by atoms with van der Waals surface area (Å²) < 4.78 is 13.2. The van der Waals surface area contributed by atoms with Crippen LogP contribution in [0.2, 0.25) is 0 Å². The zero-order chi connectivity index (χ0) is 16.4. The first-order chi connectivity index (χ1) is 11.0. The van der Waals surface area contributed by atoms with Crippen molar-refractivity contribution in [1.29, 1.82) is 0 Å². The number of hydrogen-bond donors (Lipinski definition) is 2. The molecule has 0 bridgehead atoms. The molecule has 3 aromatic rings. The van der Waals surface area contributed by atoms with Gasteiger partial charge in [-0.05, 0) is 29.3 Å². The molecule has 1 aromatic heterocycles. The summed E-state index contributed by atoms with van der Waals surface area (Å²) in [5, 5.41) is 10.6. The third-order valence-electron chi connectivity index (χ3n) is 4.29. The Bertz CT molecular complexity index is 803. The van der Waals surface area contributed by atoms with Crippen molar-refractivity contribution in [2.24, 2.45) is 0 Å². The second-order valence-electron chi connectivity index (χ2n) is 6.09. The molecule has 3 rings (SSSR count). The Morgan fingerprint density at radius 3 is 2.43 bits per heavy atom. The molecular weight excluding hydrogens is 289 g/mol. The molecule has 0 spiro atoms. The monoisotopic (exact) mass is 309 g/mol. The van der Waals surface area contributed by atoms with Crippen LogP contribution in [0, 0.1) is 5.82 Å². The summed E-state index contributed by atoms with van der Waals surface area (Å²) in [7, 11) is 1.92. The van der Waals surface area contributed by atoms with E-state index in [4.69, 9.17) is 0 Å². The van der Waals surface area contributed by atoms with Gasteiger partial charge in [0.25, 0.3) is 0 Å². The molecule has 118 valence electrons. The highest BCUT2D eigenvalue weighted by Gasteiger charge is 2.30. The van der Waals surface area contributed by atoms with Crippen LogP contribution in [-0.2, 0) is 5.41 Å². The molecule has 4 heteroatoms. The van der Waals surface area contributed by atoms with Crippen LogP contribution >= 0.6 is 0 Å². The molecule has 0 aliphatic carbocycles. The van der Waals surface area contributed by atoms with E-state index in [-0.39, 0.29) is 11.2 Å². The van der Waals surface area contributed by atoms with Crippen molar-refractivity contribution in [3.05, 3.63) is 71.8 Å². The molecular formula is C19H20FN3. The van der Waals surface area contributed by atoms with Crippen molar-refractivity contribution < 1.29 is 4.39 Å². The molecule has 0 amide bonds. The molecule has 0 fully saturated rings. The van der Waals surface area contributed by atoms with Gasteiger partial charge in [-0.2, -0.15) is 5.10 Å². The summed E-state index contributed by atoms with van der Waals surface area (Å²) in [6, 6.07) is 14.7. The lowest BCUT2D eigenvalue weighted by Gasteiger charge is -2.28. The Morgan fingerprint density at radius 1 is 1.04 bits per heavy atom. The number of aromatic nitrogens is 2. The van der Waals surface area contributed by atoms with Crippen molar-refractivity contribution >= 4 is 5.69 Å². The van der Waals surface area contributed by atoms with Gasteiger partial charge in [0.1, 0.15) is 5.82 Å². The molecule has 23 heavy (non-hydrogen) atoms. The van der Waals surface area contributed by atoms with Gasteiger partial charge in [0.05, 0.1) is 11.9 Å². The van der Waals surface area contributed by atoms with Crippen LogP contribution in [0.1, 0.15) is 25.1 Å². The van der Waals surface area contributed by atoms with Gasteiger partial charge in [0, 0.05) is 23.7 Å². The van der Waals surface area contributed by atoms with Gasteiger partial charge in [-0.1, -0.05) is 44.2 Å². The molecule has 2 aromatic carbocycles. The Morgan fingerprint density at radius 2 is 1.74 bits per heavy atom. The molecule has 0 atom stereocenters. The van der Waals surface area contributed by atoms with Crippen LogP contribution in [0.15, 0.2) is 54.7 Å². The summed E-state index contributed by atoms with van der Waals surface area (Å²) >= 11 is 0. The van der Waals surface area contributed by atoms with E-state index in [0.29, 0.717) is 0 Å². The zero-order valence-electron chi connectivity index (χ0n) is 13.5. The molecule has 0 aliphatic heterocycles. The van der Waals surface area contributed by atoms with E-state index in [2.05, 4.69) is 41.5 Å². The van der Waals surface area contributed by atoms with Gasteiger partial charge >= 0.3 is 0 Å². The fourth-order valence-corrected chi connectivity index (χ4v) is 2.99. The summed E-state index contributed by atoms with van der Waals surface area (Å²) in [6.07, 6.45) is 1.80. The highest BCUT2D eigenvalue weighted by Crippen LogP contribution is 2.39. The highest BCUT2D eigenvalue weighted by molar-refractivity contribution is 5.69. The molecule has 3 nitrogen and oxygen atoms in total. The topological polar surface area (TPSA) is 40.7 Å². The van der Waals surface area contributed by atoms with Crippen LogP contribution in [0.3, 0.4) is 0 Å². The zero-order valence-corrected chi connectivity index (χ0v) is 13.5. The average Bonchev–Trinajstić information content (AvgIpc) is 3.06. The van der Waals surface area contributed by atoms with Crippen LogP contribution in [0.4, 0.5) is 10.1 Å². The van der Waals surface area contributed by atoms with Crippen LogP contribution in [0.5, 0.6) is 0 Å². The van der Waals surface area contributed by atoms with E-state index >= 15 is 0 Å². The van der Waals surface area contributed by atoms with Gasteiger partial charge in [-0.3, -0.25) is 5.10 Å². The van der Waals surface area contributed by atoms with Crippen molar-refractivity contribution in [2.75, 3.05) is 12.4 Å². The number of hydrogen-bond acceptors (Lipinski definition) is 2. The fraction of sp³-hybridized carbons (Fsp3) is 0.211. The molecule has 2 N–H and O–H groups in total. The predicted octanol–water partition coefficient (Wildman–Crippen LogP) is 4.58. The molecule has 0 saturated carbocycles. The van der Waals surface area contributed by atoms with E-state index in [1.165, 1.54) is 17.7 Å². The third kappa shape index (κ3) is 2.72. The van der Waals surface area contributed by atoms with E-state index in [1.807, 2.05) is 19.2 Å². The molecule has 0 radical (unpaired) electrons. The minimum Gasteiger partial charge on any atom is -0.388 e. The first-order valence-corrected chi connectivity index (χ1v) is 7.61. The van der Waals surface area contributed by atoms with Crippen molar-refractivity contribution in [1.82, 2.24) is 10.2 Å². The molecule has 0 aliphatic rings. The van der Waals surface area contributed by atoms with Crippen LogP contribution < -0.4 is 5.32 Å².